The molecule has 1 aromatic rings. The lowest BCUT2D eigenvalue weighted by Gasteiger charge is -2.17. The number of amides is 1. The van der Waals surface area contributed by atoms with Crippen molar-refractivity contribution in [2.24, 2.45) is 0 Å². The fourth-order valence-electron chi connectivity index (χ4n) is 1.54. The van der Waals surface area contributed by atoms with Crippen molar-refractivity contribution >= 4 is 5.91 Å². The zero-order valence-electron chi connectivity index (χ0n) is 7.46. The summed E-state index contributed by atoms with van der Waals surface area (Å²) in [4.78, 5) is 15.4. The highest BCUT2D eigenvalue weighted by molar-refractivity contribution is 5.99. The van der Waals surface area contributed by atoms with E-state index in [0.717, 1.165) is 0 Å². The van der Waals surface area contributed by atoms with Gasteiger partial charge in [0.1, 0.15) is 5.75 Å². The second-order valence-corrected chi connectivity index (χ2v) is 3.67. The number of fused-ring (bicyclic) bond motifs is 1. The van der Waals surface area contributed by atoms with Gasteiger partial charge in [0.25, 0.3) is 5.91 Å². The third-order valence-electron chi connectivity index (χ3n) is 2.14. The number of carbonyl (C=O) groups is 1. The van der Waals surface area contributed by atoms with Crippen LogP contribution in [0.5, 0.6) is 5.75 Å². The molecule has 0 bridgehead atoms. The van der Waals surface area contributed by atoms with Gasteiger partial charge in [-0.15, -0.1) is 0 Å². The summed E-state index contributed by atoms with van der Waals surface area (Å²) in [6.07, 6.45) is 1.35. The third kappa shape index (κ3) is 1.06. The predicted octanol–water partition coefficient (Wildman–Crippen LogP) is 0.766. The van der Waals surface area contributed by atoms with E-state index in [1.165, 1.54) is 12.3 Å². The van der Waals surface area contributed by atoms with Crippen LogP contribution in [-0.4, -0.2) is 16.0 Å². The van der Waals surface area contributed by atoms with Gasteiger partial charge in [-0.3, -0.25) is 9.78 Å². The lowest BCUT2D eigenvalue weighted by Crippen LogP contribution is -2.33. The van der Waals surface area contributed by atoms with Crippen LogP contribution < -0.4 is 5.32 Å². The molecule has 0 aliphatic carbocycles. The molecule has 0 aromatic carbocycles. The van der Waals surface area contributed by atoms with Crippen LogP contribution in [0, 0.1) is 0 Å². The lowest BCUT2D eigenvalue weighted by atomic mass is 10.0. The smallest absolute Gasteiger partial charge is 0.254 e. The SMILES string of the molecule is CC1(C)NC(=O)c2cc(O)cnc21. The Morgan fingerprint density at radius 2 is 2.23 bits per heavy atom. The number of aromatic hydroxyl groups is 1. The van der Waals surface area contributed by atoms with Gasteiger partial charge in [0, 0.05) is 0 Å². The minimum absolute atomic E-state index is 0.0200. The average Bonchev–Trinajstić information content (AvgIpc) is 2.22. The number of nitrogens with zero attached hydrogens (tertiary/aromatic N) is 1. The van der Waals surface area contributed by atoms with E-state index < -0.39 is 5.54 Å². The maximum atomic E-state index is 11.4. The van der Waals surface area contributed by atoms with Crippen molar-refractivity contribution in [1.82, 2.24) is 10.3 Å². The first-order valence-corrected chi connectivity index (χ1v) is 4.03. The first-order valence-electron chi connectivity index (χ1n) is 4.03. The van der Waals surface area contributed by atoms with Gasteiger partial charge in [0.2, 0.25) is 0 Å². The van der Waals surface area contributed by atoms with Crippen LogP contribution in [0.25, 0.3) is 0 Å². The van der Waals surface area contributed by atoms with Gasteiger partial charge < -0.3 is 10.4 Å². The molecular weight excluding hydrogens is 168 g/mol. The molecule has 1 amide bonds. The van der Waals surface area contributed by atoms with Gasteiger partial charge >= 0.3 is 0 Å². The van der Waals surface area contributed by atoms with Crippen LogP contribution >= 0.6 is 0 Å². The van der Waals surface area contributed by atoms with Crippen LogP contribution in [-0.2, 0) is 5.54 Å². The van der Waals surface area contributed by atoms with Crippen molar-refractivity contribution in [3.8, 4) is 5.75 Å². The monoisotopic (exact) mass is 178 g/mol. The molecule has 2 heterocycles. The van der Waals surface area contributed by atoms with Crippen molar-refractivity contribution < 1.29 is 9.90 Å². The highest BCUT2D eigenvalue weighted by atomic mass is 16.3. The minimum atomic E-state index is -0.430. The summed E-state index contributed by atoms with van der Waals surface area (Å²) in [5.41, 5.74) is 0.723. The van der Waals surface area contributed by atoms with Crippen molar-refractivity contribution in [3.63, 3.8) is 0 Å². The fraction of sp³-hybridized carbons (Fsp3) is 0.333. The van der Waals surface area contributed by atoms with Crippen LogP contribution in [0.15, 0.2) is 12.3 Å². The molecule has 4 heteroatoms. The van der Waals surface area contributed by atoms with E-state index in [1.54, 1.807) is 0 Å². The molecule has 0 fully saturated rings. The van der Waals surface area contributed by atoms with Crippen molar-refractivity contribution in [2.45, 2.75) is 19.4 Å². The number of nitrogens with one attached hydrogen (secondary N) is 1. The Kier molecular flexibility index (Phi) is 1.37. The molecule has 4 nitrogen and oxygen atoms in total. The van der Waals surface area contributed by atoms with Crippen LogP contribution in [0.4, 0.5) is 0 Å². The molecule has 2 rings (SSSR count). The van der Waals surface area contributed by atoms with E-state index in [9.17, 15) is 4.79 Å². The Labute approximate surface area is 75.6 Å². The summed E-state index contributed by atoms with van der Waals surface area (Å²) in [6.45, 7) is 3.75. The molecule has 0 spiro atoms. The summed E-state index contributed by atoms with van der Waals surface area (Å²) >= 11 is 0. The standard InChI is InChI=1S/C9H10N2O2/c1-9(2)7-6(8(13)11-9)3-5(12)4-10-7/h3-4,12H,1-2H3,(H,11,13). The van der Waals surface area contributed by atoms with Crippen LogP contribution in [0.2, 0.25) is 0 Å². The first kappa shape index (κ1) is 8.04. The van der Waals surface area contributed by atoms with E-state index in [-0.39, 0.29) is 11.7 Å². The number of aromatic nitrogens is 1. The zero-order chi connectivity index (χ0) is 9.64. The van der Waals surface area contributed by atoms with Gasteiger partial charge in [0.05, 0.1) is 23.0 Å². The maximum Gasteiger partial charge on any atom is 0.254 e. The average molecular weight is 178 g/mol. The molecule has 1 aromatic heterocycles. The molecule has 1 aliphatic heterocycles. The number of carbonyl (C=O) groups excluding carboxylic acids is 1. The van der Waals surface area contributed by atoms with E-state index in [2.05, 4.69) is 10.3 Å². The van der Waals surface area contributed by atoms with Crippen LogP contribution in [0.1, 0.15) is 29.9 Å². The topological polar surface area (TPSA) is 62.2 Å². The highest BCUT2D eigenvalue weighted by Gasteiger charge is 2.36. The number of rotatable bonds is 0. The Morgan fingerprint density at radius 1 is 1.54 bits per heavy atom. The van der Waals surface area contributed by atoms with Gasteiger partial charge in [0.15, 0.2) is 0 Å². The van der Waals surface area contributed by atoms with Crippen molar-refractivity contribution in [2.75, 3.05) is 0 Å². The summed E-state index contributed by atoms with van der Waals surface area (Å²) in [6, 6.07) is 1.44. The molecule has 0 unspecified atom stereocenters. The second kappa shape index (κ2) is 2.22. The quantitative estimate of drug-likeness (QED) is 0.616. The summed E-state index contributed by atoms with van der Waals surface area (Å²) in [5.74, 6) is -0.157. The molecule has 0 atom stereocenters. The number of hydrogen-bond acceptors (Lipinski definition) is 3. The predicted molar refractivity (Wildman–Crippen MR) is 46.4 cm³/mol. The normalized spacial score (nSPS) is 18.2. The molecule has 13 heavy (non-hydrogen) atoms. The molecule has 0 saturated heterocycles. The van der Waals surface area contributed by atoms with E-state index in [1.807, 2.05) is 13.8 Å². The third-order valence-corrected chi connectivity index (χ3v) is 2.14. The number of pyridine rings is 1. The Hall–Kier alpha value is -1.58. The molecule has 2 N–H and O–H groups in total. The summed E-state index contributed by atoms with van der Waals surface area (Å²) in [7, 11) is 0. The van der Waals surface area contributed by atoms with Gasteiger partial charge in [-0.1, -0.05) is 0 Å². The lowest BCUT2D eigenvalue weighted by molar-refractivity contribution is 0.0940. The Bertz CT molecular complexity index is 385. The fourth-order valence-corrected chi connectivity index (χ4v) is 1.54. The Morgan fingerprint density at radius 3 is 2.92 bits per heavy atom. The Balaban J connectivity index is 2.66. The van der Waals surface area contributed by atoms with Gasteiger partial charge in [-0.25, -0.2) is 0 Å². The molecule has 1 aliphatic rings. The summed E-state index contributed by atoms with van der Waals surface area (Å²) < 4.78 is 0. The maximum absolute atomic E-state index is 11.4. The van der Waals surface area contributed by atoms with Gasteiger partial charge in [-0.05, 0) is 19.9 Å². The van der Waals surface area contributed by atoms with Crippen molar-refractivity contribution in [1.29, 1.82) is 0 Å². The second-order valence-electron chi connectivity index (χ2n) is 3.67. The van der Waals surface area contributed by atoms with E-state index >= 15 is 0 Å². The zero-order valence-corrected chi connectivity index (χ0v) is 7.46. The molecule has 0 saturated carbocycles. The van der Waals surface area contributed by atoms with E-state index in [4.69, 9.17) is 5.11 Å². The van der Waals surface area contributed by atoms with Gasteiger partial charge in [-0.2, -0.15) is 0 Å². The molecular formula is C9H10N2O2. The number of hydrogen-bond donors (Lipinski definition) is 2. The molecule has 0 radical (unpaired) electrons. The first-order chi connectivity index (χ1) is 6.00. The van der Waals surface area contributed by atoms with Crippen molar-refractivity contribution in [3.05, 3.63) is 23.5 Å². The van der Waals surface area contributed by atoms with E-state index in [0.29, 0.717) is 11.3 Å². The van der Waals surface area contributed by atoms with Crippen LogP contribution in [0.3, 0.4) is 0 Å². The molecule has 68 valence electrons. The largest absolute Gasteiger partial charge is 0.506 e. The highest BCUT2D eigenvalue weighted by Crippen LogP contribution is 2.29. The summed E-state index contributed by atoms with van der Waals surface area (Å²) in [5, 5.41) is 11.9. The minimum Gasteiger partial charge on any atom is -0.506 e.